The highest BCUT2D eigenvalue weighted by molar-refractivity contribution is 7.15. The first-order chi connectivity index (χ1) is 8.33. The fourth-order valence-corrected chi connectivity index (χ4v) is 2.82. The maximum absolute atomic E-state index is 4.55. The van der Waals surface area contributed by atoms with Gasteiger partial charge in [0.1, 0.15) is 0 Å². The number of hydrogen-bond acceptors (Lipinski definition) is 4. The monoisotopic (exact) mass is 253 g/mol. The Bertz CT molecular complexity index is 333. The number of rotatable bonds is 8. The third-order valence-electron chi connectivity index (χ3n) is 3.10. The van der Waals surface area contributed by atoms with Crippen LogP contribution in [-0.4, -0.2) is 24.6 Å². The average molecular weight is 253 g/mol. The Morgan fingerprint density at radius 3 is 2.94 bits per heavy atom. The minimum Gasteiger partial charge on any atom is -0.348 e. The van der Waals surface area contributed by atoms with Gasteiger partial charge in [-0.05, 0) is 38.6 Å². The summed E-state index contributed by atoms with van der Waals surface area (Å²) in [6, 6.07) is 0. The second kappa shape index (κ2) is 6.36. The molecular formula is C13H23N3S. The minimum atomic E-state index is 0.931. The molecule has 0 amide bonds. The maximum Gasteiger partial charge on any atom is 0.185 e. The van der Waals surface area contributed by atoms with Gasteiger partial charge >= 0.3 is 0 Å². The second-order valence-electron chi connectivity index (χ2n) is 4.77. The van der Waals surface area contributed by atoms with Gasteiger partial charge in [-0.15, -0.1) is 11.3 Å². The van der Waals surface area contributed by atoms with E-state index in [1.165, 1.54) is 35.8 Å². The normalized spacial score (nSPS) is 15.2. The molecule has 3 nitrogen and oxygen atoms in total. The molecule has 0 spiro atoms. The zero-order chi connectivity index (χ0) is 12.1. The largest absolute Gasteiger partial charge is 0.348 e. The molecule has 1 saturated carbocycles. The molecule has 2 rings (SSSR count). The van der Waals surface area contributed by atoms with Gasteiger partial charge in [-0.3, -0.25) is 0 Å². The summed E-state index contributed by atoms with van der Waals surface area (Å²) in [5, 5.41) is 4.63. The van der Waals surface area contributed by atoms with Crippen LogP contribution in [0.4, 0.5) is 5.13 Å². The molecule has 1 N–H and O–H groups in total. The van der Waals surface area contributed by atoms with Crippen molar-refractivity contribution in [2.45, 2.75) is 39.7 Å². The Hall–Kier alpha value is -0.610. The van der Waals surface area contributed by atoms with E-state index in [-0.39, 0.29) is 0 Å². The smallest absolute Gasteiger partial charge is 0.185 e. The molecule has 0 unspecified atom stereocenters. The first-order valence-electron chi connectivity index (χ1n) is 6.73. The Morgan fingerprint density at radius 2 is 2.29 bits per heavy atom. The lowest BCUT2D eigenvalue weighted by Crippen LogP contribution is -2.24. The summed E-state index contributed by atoms with van der Waals surface area (Å²) < 4.78 is 0. The molecule has 0 bridgehead atoms. The van der Waals surface area contributed by atoms with E-state index < -0.39 is 0 Å². The van der Waals surface area contributed by atoms with Crippen LogP contribution < -0.4 is 10.2 Å². The van der Waals surface area contributed by atoms with E-state index in [1.807, 2.05) is 17.5 Å². The Morgan fingerprint density at radius 1 is 1.47 bits per heavy atom. The quantitative estimate of drug-likeness (QED) is 0.722. The first-order valence-corrected chi connectivity index (χ1v) is 7.55. The maximum atomic E-state index is 4.55. The van der Waals surface area contributed by atoms with Gasteiger partial charge in [-0.1, -0.05) is 6.92 Å². The lowest BCUT2D eigenvalue weighted by molar-refractivity contribution is 0.681. The van der Waals surface area contributed by atoms with Crippen molar-refractivity contribution in [1.29, 1.82) is 0 Å². The molecule has 0 aromatic carbocycles. The number of thiazole rings is 1. The molecule has 1 heterocycles. The van der Waals surface area contributed by atoms with Crippen molar-refractivity contribution in [2.75, 3.05) is 24.5 Å². The molecule has 1 aromatic rings. The number of anilines is 1. The Balaban J connectivity index is 1.85. The van der Waals surface area contributed by atoms with Gasteiger partial charge in [-0.25, -0.2) is 4.98 Å². The van der Waals surface area contributed by atoms with E-state index in [9.17, 15) is 0 Å². The predicted molar refractivity (Wildman–Crippen MR) is 74.7 cm³/mol. The molecule has 1 aliphatic rings. The standard InChI is InChI=1S/C13H23N3S/c1-3-7-14-8-12-9-15-13(17-12)16(4-2)10-11-5-6-11/h9,11,14H,3-8,10H2,1-2H3. The summed E-state index contributed by atoms with van der Waals surface area (Å²) in [6.45, 7) is 8.75. The SMILES string of the molecule is CCCNCc1cnc(N(CC)CC2CC2)s1. The summed E-state index contributed by atoms with van der Waals surface area (Å²) in [6.07, 6.45) is 6.03. The molecule has 96 valence electrons. The molecule has 1 aliphatic carbocycles. The van der Waals surface area contributed by atoms with Crippen molar-refractivity contribution >= 4 is 16.5 Å². The van der Waals surface area contributed by atoms with Crippen LogP contribution >= 0.6 is 11.3 Å². The summed E-state index contributed by atoms with van der Waals surface area (Å²) in [5.41, 5.74) is 0. The first kappa shape index (κ1) is 12.8. The van der Waals surface area contributed by atoms with Gasteiger partial charge in [0, 0.05) is 30.7 Å². The minimum absolute atomic E-state index is 0.931. The summed E-state index contributed by atoms with van der Waals surface area (Å²) in [5.74, 6) is 0.931. The molecule has 17 heavy (non-hydrogen) atoms. The molecule has 0 saturated heterocycles. The number of nitrogens with one attached hydrogen (secondary N) is 1. The van der Waals surface area contributed by atoms with E-state index >= 15 is 0 Å². The van der Waals surface area contributed by atoms with E-state index in [2.05, 4.69) is 29.0 Å². The van der Waals surface area contributed by atoms with Crippen molar-refractivity contribution in [2.24, 2.45) is 5.92 Å². The van der Waals surface area contributed by atoms with Gasteiger partial charge in [0.25, 0.3) is 0 Å². The molecule has 1 fully saturated rings. The third kappa shape index (κ3) is 3.96. The molecule has 0 atom stereocenters. The van der Waals surface area contributed by atoms with E-state index in [0.717, 1.165) is 25.6 Å². The number of nitrogens with zero attached hydrogens (tertiary/aromatic N) is 2. The highest BCUT2D eigenvalue weighted by Gasteiger charge is 2.24. The molecule has 0 radical (unpaired) electrons. The zero-order valence-corrected chi connectivity index (χ0v) is 11.7. The van der Waals surface area contributed by atoms with E-state index in [4.69, 9.17) is 0 Å². The van der Waals surface area contributed by atoms with E-state index in [0.29, 0.717) is 0 Å². The van der Waals surface area contributed by atoms with Crippen molar-refractivity contribution < 1.29 is 0 Å². The molecular weight excluding hydrogens is 230 g/mol. The van der Waals surface area contributed by atoms with E-state index in [1.54, 1.807) is 0 Å². The Labute approximate surface area is 108 Å². The topological polar surface area (TPSA) is 28.2 Å². The van der Waals surface area contributed by atoms with Crippen molar-refractivity contribution in [1.82, 2.24) is 10.3 Å². The molecule has 0 aliphatic heterocycles. The zero-order valence-electron chi connectivity index (χ0n) is 10.9. The average Bonchev–Trinajstić information content (AvgIpc) is 3.04. The molecule has 4 heteroatoms. The van der Waals surface area contributed by atoms with Gasteiger partial charge in [0.2, 0.25) is 0 Å². The lowest BCUT2D eigenvalue weighted by Gasteiger charge is -2.19. The van der Waals surface area contributed by atoms with Crippen LogP contribution in [0.5, 0.6) is 0 Å². The van der Waals surface area contributed by atoms with Gasteiger partial charge in [-0.2, -0.15) is 0 Å². The van der Waals surface area contributed by atoms with Crippen LogP contribution in [0.1, 0.15) is 38.0 Å². The van der Waals surface area contributed by atoms with Crippen LogP contribution in [0.2, 0.25) is 0 Å². The fourth-order valence-electron chi connectivity index (χ4n) is 1.87. The lowest BCUT2D eigenvalue weighted by atomic mass is 10.4. The Kier molecular flexibility index (Phi) is 4.80. The van der Waals surface area contributed by atoms with Gasteiger partial charge < -0.3 is 10.2 Å². The van der Waals surface area contributed by atoms with Crippen LogP contribution in [0.25, 0.3) is 0 Å². The highest BCUT2D eigenvalue weighted by Crippen LogP contribution is 2.32. The summed E-state index contributed by atoms with van der Waals surface area (Å²) >= 11 is 1.84. The second-order valence-corrected chi connectivity index (χ2v) is 5.86. The van der Waals surface area contributed by atoms with Crippen LogP contribution in [-0.2, 0) is 6.54 Å². The van der Waals surface area contributed by atoms with Crippen LogP contribution in [0.3, 0.4) is 0 Å². The summed E-state index contributed by atoms with van der Waals surface area (Å²) in [7, 11) is 0. The van der Waals surface area contributed by atoms with Crippen LogP contribution in [0.15, 0.2) is 6.20 Å². The molecule has 1 aromatic heterocycles. The van der Waals surface area contributed by atoms with Crippen molar-refractivity contribution in [3.63, 3.8) is 0 Å². The predicted octanol–water partition coefficient (Wildman–Crippen LogP) is 2.88. The third-order valence-corrected chi connectivity index (χ3v) is 4.15. The van der Waals surface area contributed by atoms with Crippen molar-refractivity contribution in [3.8, 4) is 0 Å². The van der Waals surface area contributed by atoms with Gasteiger partial charge in [0.05, 0.1) is 0 Å². The number of aromatic nitrogens is 1. The van der Waals surface area contributed by atoms with Crippen molar-refractivity contribution in [3.05, 3.63) is 11.1 Å². The fraction of sp³-hybridized carbons (Fsp3) is 0.769. The van der Waals surface area contributed by atoms with Crippen LogP contribution in [0, 0.1) is 5.92 Å². The van der Waals surface area contributed by atoms with Gasteiger partial charge in [0.15, 0.2) is 5.13 Å². The highest BCUT2D eigenvalue weighted by atomic mass is 32.1. The number of hydrogen-bond donors (Lipinski definition) is 1. The summed E-state index contributed by atoms with van der Waals surface area (Å²) in [4.78, 5) is 8.32.